The van der Waals surface area contributed by atoms with Crippen LogP contribution >= 0.6 is 11.6 Å². The third-order valence-electron chi connectivity index (χ3n) is 2.41. The van der Waals surface area contributed by atoms with Crippen LogP contribution < -0.4 is 4.74 Å². The second-order valence-electron chi connectivity index (χ2n) is 3.80. The van der Waals surface area contributed by atoms with E-state index in [-0.39, 0.29) is 0 Å². The molecule has 0 heterocycles. The van der Waals surface area contributed by atoms with Crippen LogP contribution in [0.15, 0.2) is 48.5 Å². The standard InChI is InChI=1S/C14H13ClO2/c1-10(16)11-2-6-13(7-3-11)17-14-8-4-12(15)5-9-14/h2-10,16H,1H3/t10-/m1/s1. The fourth-order valence-corrected chi connectivity index (χ4v) is 1.58. The van der Waals surface area contributed by atoms with E-state index in [2.05, 4.69) is 0 Å². The van der Waals surface area contributed by atoms with Crippen LogP contribution in [0.25, 0.3) is 0 Å². The second kappa shape index (κ2) is 5.21. The van der Waals surface area contributed by atoms with Gasteiger partial charge in [-0.1, -0.05) is 23.7 Å². The van der Waals surface area contributed by atoms with E-state index in [4.69, 9.17) is 16.3 Å². The zero-order valence-electron chi connectivity index (χ0n) is 9.43. The molecular weight excluding hydrogens is 236 g/mol. The maximum absolute atomic E-state index is 9.38. The number of ether oxygens (including phenoxy) is 1. The van der Waals surface area contributed by atoms with E-state index in [9.17, 15) is 5.11 Å². The number of aliphatic hydroxyl groups is 1. The molecule has 2 rings (SSSR count). The lowest BCUT2D eigenvalue weighted by molar-refractivity contribution is 0.199. The van der Waals surface area contributed by atoms with Crippen LogP contribution in [-0.4, -0.2) is 5.11 Å². The first kappa shape index (κ1) is 12.0. The second-order valence-corrected chi connectivity index (χ2v) is 4.24. The van der Waals surface area contributed by atoms with Gasteiger partial charge in [-0.05, 0) is 48.9 Å². The predicted molar refractivity (Wildman–Crippen MR) is 68.6 cm³/mol. The topological polar surface area (TPSA) is 29.5 Å². The number of benzene rings is 2. The van der Waals surface area contributed by atoms with Crippen molar-refractivity contribution in [1.82, 2.24) is 0 Å². The molecule has 1 N–H and O–H groups in total. The molecule has 0 aromatic heterocycles. The van der Waals surface area contributed by atoms with E-state index in [0.29, 0.717) is 5.02 Å². The average molecular weight is 249 g/mol. The van der Waals surface area contributed by atoms with Gasteiger partial charge in [0.05, 0.1) is 6.10 Å². The Bertz CT molecular complexity index is 475. The summed E-state index contributed by atoms with van der Waals surface area (Å²) in [6.45, 7) is 1.73. The molecule has 0 saturated carbocycles. The molecule has 0 saturated heterocycles. The Kier molecular flexibility index (Phi) is 3.67. The molecule has 0 fully saturated rings. The van der Waals surface area contributed by atoms with Gasteiger partial charge in [-0.15, -0.1) is 0 Å². The van der Waals surface area contributed by atoms with Crippen molar-refractivity contribution >= 4 is 11.6 Å². The highest BCUT2D eigenvalue weighted by atomic mass is 35.5. The van der Waals surface area contributed by atoms with E-state index in [1.165, 1.54) is 0 Å². The van der Waals surface area contributed by atoms with Crippen molar-refractivity contribution in [3.63, 3.8) is 0 Å². The monoisotopic (exact) mass is 248 g/mol. The van der Waals surface area contributed by atoms with Gasteiger partial charge >= 0.3 is 0 Å². The molecule has 2 aromatic rings. The Morgan fingerprint density at radius 1 is 0.941 bits per heavy atom. The van der Waals surface area contributed by atoms with Crippen LogP contribution in [0.2, 0.25) is 5.02 Å². The summed E-state index contributed by atoms with van der Waals surface area (Å²) in [6.07, 6.45) is -0.459. The van der Waals surface area contributed by atoms with Crippen LogP contribution in [0.4, 0.5) is 0 Å². The Morgan fingerprint density at radius 2 is 1.41 bits per heavy atom. The highest BCUT2D eigenvalue weighted by molar-refractivity contribution is 6.30. The number of halogens is 1. The van der Waals surface area contributed by atoms with Crippen LogP contribution in [0, 0.1) is 0 Å². The quantitative estimate of drug-likeness (QED) is 0.883. The van der Waals surface area contributed by atoms with Crippen molar-refractivity contribution in [1.29, 1.82) is 0 Å². The predicted octanol–water partition coefficient (Wildman–Crippen LogP) is 4.19. The van der Waals surface area contributed by atoms with Gasteiger partial charge in [0, 0.05) is 5.02 Å². The summed E-state index contributed by atoms with van der Waals surface area (Å²) >= 11 is 5.79. The van der Waals surface area contributed by atoms with E-state index in [0.717, 1.165) is 17.1 Å². The molecule has 88 valence electrons. The van der Waals surface area contributed by atoms with E-state index in [1.54, 1.807) is 19.1 Å². The third-order valence-corrected chi connectivity index (χ3v) is 2.66. The molecule has 1 atom stereocenters. The van der Waals surface area contributed by atoms with Crippen LogP contribution in [0.5, 0.6) is 11.5 Å². The molecular formula is C14H13ClO2. The minimum atomic E-state index is -0.459. The van der Waals surface area contributed by atoms with Gasteiger partial charge in [0.15, 0.2) is 0 Å². The smallest absolute Gasteiger partial charge is 0.127 e. The summed E-state index contributed by atoms with van der Waals surface area (Å²) < 4.78 is 5.63. The fraction of sp³-hybridized carbons (Fsp3) is 0.143. The van der Waals surface area contributed by atoms with Crippen molar-refractivity contribution in [3.8, 4) is 11.5 Å². The Hall–Kier alpha value is -1.51. The molecule has 0 radical (unpaired) electrons. The molecule has 2 nitrogen and oxygen atoms in total. The number of aliphatic hydroxyl groups excluding tert-OH is 1. The summed E-state index contributed by atoms with van der Waals surface area (Å²) in [7, 11) is 0. The maximum atomic E-state index is 9.38. The molecule has 0 aliphatic rings. The maximum Gasteiger partial charge on any atom is 0.127 e. The van der Waals surface area contributed by atoms with Crippen LogP contribution in [0.1, 0.15) is 18.6 Å². The average Bonchev–Trinajstić information content (AvgIpc) is 2.33. The molecule has 0 amide bonds. The number of hydrogen-bond donors (Lipinski definition) is 1. The fourth-order valence-electron chi connectivity index (χ4n) is 1.45. The lowest BCUT2D eigenvalue weighted by atomic mass is 10.1. The van der Waals surface area contributed by atoms with Crippen molar-refractivity contribution in [2.75, 3.05) is 0 Å². The van der Waals surface area contributed by atoms with Crippen molar-refractivity contribution < 1.29 is 9.84 Å². The van der Waals surface area contributed by atoms with E-state index in [1.807, 2.05) is 36.4 Å². The lowest BCUT2D eigenvalue weighted by Gasteiger charge is -2.08. The highest BCUT2D eigenvalue weighted by Gasteiger charge is 2.01. The highest BCUT2D eigenvalue weighted by Crippen LogP contribution is 2.24. The molecule has 0 bridgehead atoms. The van der Waals surface area contributed by atoms with Gasteiger partial charge in [0.2, 0.25) is 0 Å². The van der Waals surface area contributed by atoms with Gasteiger partial charge in [-0.25, -0.2) is 0 Å². The number of rotatable bonds is 3. The summed E-state index contributed by atoms with van der Waals surface area (Å²) in [4.78, 5) is 0. The van der Waals surface area contributed by atoms with E-state index >= 15 is 0 Å². The minimum Gasteiger partial charge on any atom is -0.457 e. The third kappa shape index (κ3) is 3.22. The first-order valence-electron chi connectivity index (χ1n) is 5.36. The van der Waals surface area contributed by atoms with Crippen LogP contribution in [0.3, 0.4) is 0 Å². The zero-order valence-corrected chi connectivity index (χ0v) is 10.2. The molecule has 17 heavy (non-hydrogen) atoms. The van der Waals surface area contributed by atoms with Gasteiger partial charge in [-0.3, -0.25) is 0 Å². The molecule has 3 heteroatoms. The van der Waals surface area contributed by atoms with Gasteiger partial charge < -0.3 is 9.84 Å². The first-order valence-corrected chi connectivity index (χ1v) is 5.74. The minimum absolute atomic E-state index is 0.459. The summed E-state index contributed by atoms with van der Waals surface area (Å²) in [5.74, 6) is 1.47. The number of hydrogen-bond acceptors (Lipinski definition) is 2. The largest absolute Gasteiger partial charge is 0.457 e. The summed E-state index contributed by atoms with van der Waals surface area (Å²) in [6, 6.07) is 14.5. The van der Waals surface area contributed by atoms with Crippen molar-refractivity contribution in [3.05, 3.63) is 59.1 Å². The Balaban J connectivity index is 2.11. The van der Waals surface area contributed by atoms with Gasteiger partial charge in [0.25, 0.3) is 0 Å². The van der Waals surface area contributed by atoms with Crippen molar-refractivity contribution in [2.45, 2.75) is 13.0 Å². The SMILES string of the molecule is C[C@@H](O)c1ccc(Oc2ccc(Cl)cc2)cc1. The van der Waals surface area contributed by atoms with E-state index < -0.39 is 6.10 Å². The zero-order chi connectivity index (χ0) is 12.3. The summed E-state index contributed by atoms with van der Waals surface area (Å²) in [5, 5.41) is 10.1. The molecule has 2 aromatic carbocycles. The molecule has 0 aliphatic heterocycles. The normalized spacial score (nSPS) is 12.2. The Labute approximate surface area is 105 Å². The lowest BCUT2D eigenvalue weighted by Crippen LogP contribution is -1.90. The van der Waals surface area contributed by atoms with Gasteiger partial charge in [0.1, 0.15) is 11.5 Å². The van der Waals surface area contributed by atoms with Crippen LogP contribution in [-0.2, 0) is 0 Å². The first-order chi connectivity index (χ1) is 8.15. The molecule has 0 spiro atoms. The van der Waals surface area contributed by atoms with Gasteiger partial charge in [-0.2, -0.15) is 0 Å². The molecule has 0 unspecified atom stereocenters. The van der Waals surface area contributed by atoms with Crippen molar-refractivity contribution in [2.24, 2.45) is 0 Å². The Morgan fingerprint density at radius 3 is 1.88 bits per heavy atom. The summed E-state index contributed by atoms with van der Waals surface area (Å²) in [5.41, 5.74) is 0.869. The molecule has 0 aliphatic carbocycles.